The van der Waals surface area contributed by atoms with Crippen LogP contribution in [0, 0.1) is 20.8 Å². The van der Waals surface area contributed by atoms with Gasteiger partial charge in [-0.1, -0.05) is 130 Å². The Hall–Kier alpha value is -5.02. The highest BCUT2D eigenvalue weighted by molar-refractivity contribution is 6.98. The molecule has 246 valence electrons. The average Bonchev–Trinajstić information content (AvgIpc) is 3.59. The van der Waals surface area contributed by atoms with Crippen LogP contribution in [0.4, 0.5) is 0 Å². The van der Waals surface area contributed by atoms with Crippen molar-refractivity contribution in [2.45, 2.75) is 73.1 Å². The maximum absolute atomic E-state index is 2.55. The van der Waals surface area contributed by atoms with Crippen LogP contribution in [-0.2, 0) is 10.8 Å². The van der Waals surface area contributed by atoms with Crippen molar-refractivity contribution in [3.8, 4) is 11.4 Å². The summed E-state index contributed by atoms with van der Waals surface area (Å²) in [7, 11) is 0. The first-order valence-corrected chi connectivity index (χ1v) is 18.2. The van der Waals surface area contributed by atoms with Gasteiger partial charge in [0.15, 0.2) is 0 Å². The molecule has 1 aliphatic rings. The van der Waals surface area contributed by atoms with Gasteiger partial charge < -0.3 is 9.13 Å². The van der Waals surface area contributed by atoms with E-state index < -0.39 is 0 Å². The minimum Gasteiger partial charge on any atom is -0.310 e. The van der Waals surface area contributed by atoms with Crippen molar-refractivity contribution in [2.75, 3.05) is 0 Å². The molecule has 2 aromatic heterocycles. The Morgan fingerprint density at radius 1 is 0.480 bits per heavy atom. The van der Waals surface area contributed by atoms with Crippen LogP contribution in [0.25, 0.3) is 55.0 Å². The van der Waals surface area contributed by atoms with Gasteiger partial charge in [-0.3, -0.25) is 0 Å². The van der Waals surface area contributed by atoms with Gasteiger partial charge in [-0.25, -0.2) is 0 Å². The van der Waals surface area contributed by atoms with Crippen LogP contribution in [-0.4, -0.2) is 15.8 Å². The average molecular weight is 649 g/mol. The largest absolute Gasteiger partial charge is 0.310 e. The smallest absolute Gasteiger partial charge is 0.247 e. The Balaban J connectivity index is 1.45. The van der Waals surface area contributed by atoms with Gasteiger partial charge in [-0.15, -0.1) is 0 Å². The lowest BCUT2D eigenvalue weighted by Gasteiger charge is -2.29. The molecule has 0 bridgehead atoms. The first kappa shape index (κ1) is 31.0. The number of rotatable bonds is 2. The number of hydrogen-bond donors (Lipinski definition) is 0. The monoisotopic (exact) mass is 648 g/mol. The van der Waals surface area contributed by atoms with Crippen molar-refractivity contribution >= 4 is 66.7 Å². The van der Waals surface area contributed by atoms with Gasteiger partial charge in [-0.05, 0) is 96.1 Å². The van der Waals surface area contributed by atoms with Crippen molar-refractivity contribution in [2.24, 2.45) is 0 Å². The third kappa shape index (κ3) is 4.35. The Kier molecular flexibility index (Phi) is 6.51. The van der Waals surface area contributed by atoms with Gasteiger partial charge in [0.2, 0.25) is 6.71 Å². The maximum Gasteiger partial charge on any atom is 0.247 e. The lowest BCUT2D eigenvalue weighted by atomic mass is 9.34. The van der Waals surface area contributed by atoms with Crippen LogP contribution in [0.5, 0.6) is 0 Å². The van der Waals surface area contributed by atoms with Crippen LogP contribution in [0.15, 0.2) is 109 Å². The van der Waals surface area contributed by atoms with E-state index in [0.29, 0.717) is 0 Å². The van der Waals surface area contributed by atoms with Gasteiger partial charge >= 0.3 is 0 Å². The minimum absolute atomic E-state index is 0.0538. The lowest BCUT2D eigenvalue weighted by molar-refractivity contribution is 0.590. The van der Waals surface area contributed by atoms with Crippen LogP contribution in [0.1, 0.15) is 69.4 Å². The van der Waals surface area contributed by atoms with Crippen molar-refractivity contribution in [3.05, 3.63) is 137 Å². The second-order valence-corrected chi connectivity index (χ2v) is 16.9. The third-order valence-electron chi connectivity index (χ3n) is 11.4. The van der Waals surface area contributed by atoms with E-state index in [1.807, 2.05) is 0 Å². The van der Waals surface area contributed by atoms with Crippen LogP contribution in [0.2, 0.25) is 0 Å². The molecule has 50 heavy (non-hydrogen) atoms. The molecule has 6 aromatic carbocycles. The Morgan fingerprint density at radius 3 is 1.66 bits per heavy atom. The van der Waals surface area contributed by atoms with E-state index in [1.165, 1.54) is 99.2 Å². The summed E-state index contributed by atoms with van der Waals surface area (Å²) in [5.41, 5.74) is 18.6. The summed E-state index contributed by atoms with van der Waals surface area (Å²) in [5, 5.41) is 5.25. The molecule has 0 amide bonds. The molecule has 2 nitrogen and oxygen atoms in total. The molecule has 0 fully saturated rings. The number of aromatic nitrogens is 2. The molecule has 0 spiro atoms. The molecule has 8 aromatic rings. The van der Waals surface area contributed by atoms with E-state index in [1.54, 1.807) is 0 Å². The Morgan fingerprint density at radius 2 is 1.04 bits per heavy atom. The molecule has 1 aliphatic heterocycles. The SMILES string of the molecule is Cc1cc(C)c(B2c3ccccc3-n3c4ccccc4c4c(-n5c6ccc(C(C)(C)C)cc6c6cc(C(C)(C)C)ccc65)ccc2c43)c(C)c1. The minimum atomic E-state index is 0.0538. The number of aryl methyl sites for hydroxylation is 3. The molecular formula is C47H45BN2. The molecule has 0 atom stereocenters. The zero-order chi connectivity index (χ0) is 34.9. The van der Waals surface area contributed by atoms with Gasteiger partial charge in [0.25, 0.3) is 0 Å². The van der Waals surface area contributed by atoms with Gasteiger partial charge in [-0.2, -0.15) is 0 Å². The molecule has 9 rings (SSSR count). The van der Waals surface area contributed by atoms with Gasteiger partial charge in [0.05, 0.1) is 27.8 Å². The molecule has 3 heterocycles. The second-order valence-electron chi connectivity index (χ2n) is 16.9. The number of nitrogens with zero attached hydrogens (tertiary/aromatic N) is 2. The highest BCUT2D eigenvalue weighted by Gasteiger charge is 2.36. The Labute approximate surface area is 296 Å². The zero-order valence-electron chi connectivity index (χ0n) is 30.9. The highest BCUT2D eigenvalue weighted by atomic mass is 15.0. The first-order chi connectivity index (χ1) is 23.8. The summed E-state index contributed by atoms with van der Waals surface area (Å²) in [4.78, 5) is 0. The lowest BCUT2D eigenvalue weighted by Crippen LogP contribution is -2.57. The van der Waals surface area contributed by atoms with Crippen LogP contribution < -0.4 is 16.4 Å². The fourth-order valence-corrected chi connectivity index (χ4v) is 9.05. The number of benzene rings is 6. The predicted molar refractivity (Wildman–Crippen MR) is 218 cm³/mol. The van der Waals surface area contributed by atoms with Crippen molar-refractivity contribution in [1.82, 2.24) is 9.13 Å². The third-order valence-corrected chi connectivity index (χ3v) is 11.4. The first-order valence-electron chi connectivity index (χ1n) is 18.2. The zero-order valence-corrected chi connectivity index (χ0v) is 30.9. The fraction of sp³-hybridized carbons (Fsp3) is 0.234. The van der Waals surface area contributed by atoms with Crippen molar-refractivity contribution in [1.29, 1.82) is 0 Å². The van der Waals surface area contributed by atoms with Crippen molar-refractivity contribution in [3.63, 3.8) is 0 Å². The molecule has 0 saturated heterocycles. The molecule has 0 saturated carbocycles. The number of fused-ring (bicyclic) bond motifs is 8. The van der Waals surface area contributed by atoms with Gasteiger partial charge in [0, 0.05) is 27.2 Å². The second kappa shape index (κ2) is 10.5. The molecule has 0 aliphatic carbocycles. The van der Waals surface area contributed by atoms with Crippen molar-refractivity contribution < 1.29 is 0 Å². The molecule has 0 radical (unpaired) electrons. The fourth-order valence-electron chi connectivity index (χ4n) is 9.05. The summed E-state index contributed by atoms with van der Waals surface area (Å²) in [6, 6.07) is 42.0. The van der Waals surface area contributed by atoms with E-state index in [0.717, 1.165) is 0 Å². The normalized spacial score (nSPS) is 13.3. The van der Waals surface area contributed by atoms with E-state index in [-0.39, 0.29) is 17.5 Å². The number of hydrogen-bond acceptors (Lipinski definition) is 0. The summed E-state index contributed by atoms with van der Waals surface area (Å²) < 4.78 is 5.11. The van der Waals surface area contributed by atoms with E-state index in [2.05, 4.69) is 181 Å². The van der Waals surface area contributed by atoms with E-state index in [4.69, 9.17) is 0 Å². The summed E-state index contributed by atoms with van der Waals surface area (Å²) in [6.45, 7) is 20.8. The standard InChI is InChI=1S/C47H45BN2/c1-28-24-29(2)44(30(3)25-28)48-36-15-11-13-17-41(36)50-38-16-12-10-14-33(38)43-42(23-20-37(48)45(43)50)49-39-21-18-31(46(4,5)6)26-34(39)35-27-32(47(7,8)9)19-22-40(35)49/h10-27H,1-9H3. The Bertz CT molecular complexity index is 2610. The van der Waals surface area contributed by atoms with E-state index >= 15 is 0 Å². The summed E-state index contributed by atoms with van der Waals surface area (Å²) in [6.07, 6.45) is 0. The molecular weight excluding hydrogens is 603 g/mol. The predicted octanol–water partition coefficient (Wildman–Crippen LogP) is 10.2. The molecule has 3 heteroatoms. The van der Waals surface area contributed by atoms with Crippen LogP contribution in [0.3, 0.4) is 0 Å². The van der Waals surface area contributed by atoms with Crippen LogP contribution >= 0.6 is 0 Å². The van der Waals surface area contributed by atoms with E-state index in [9.17, 15) is 0 Å². The van der Waals surface area contributed by atoms with Gasteiger partial charge in [0.1, 0.15) is 0 Å². The molecule has 0 N–H and O–H groups in total. The topological polar surface area (TPSA) is 9.86 Å². The molecule has 0 unspecified atom stereocenters. The number of para-hydroxylation sites is 2. The summed E-state index contributed by atoms with van der Waals surface area (Å²) >= 11 is 0. The quantitative estimate of drug-likeness (QED) is 0.165. The highest BCUT2D eigenvalue weighted by Crippen LogP contribution is 2.42. The maximum atomic E-state index is 2.55. The summed E-state index contributed by atoms with van der Waals surface area (Å²) in [5.74, 6) is 0.